The van der Waals surface area contributed by atoms with Crippen LogP contribution in [0, 0.1) is 0 Å². The average Bonchev–Trinajstić information content (AvgIpc) is 3.40. The highest BCUT2D eigenvalue weighted by Gasteiger charge is 2.09. The smallest absolute Gasteiger partial charge is 0.0488 e. The highest BCUT2D eigenvalue weighted by molar-refractivity contribution is 6.08. The van der Waals surface area contributed by atoms with Gasteiger partial charge in [0.2, 0.25) is 0 Å². The fourth-order valence-electron chi connectivity index (χ4n) is 4.57. The van der Waals surface area contributed by atoms with Crippen molar-refractivity contribution in [2.24, 2.45) is 7.05 Å². The predicted molar refractivity (Wildman–Crippen MR) is 151 cm³/mol. The molecule has 1 N–H and O–H groups in total. The van der Waals surface area contributed by atoms with Crippen molar-refractivity contribution >= 4 is 43.6 Å². The van der Waals surface area contributed by atoms with Crippen LogP contribution >= 0.6 is 0 Å². The molecular weight excluding hydrogens is 412 g/mol. The molecular formula is C32H34N2. The van der Waals surface area contributed by atoms with Crippen molar-refractivity contribution < 1.29 is 0 Å². The maximum Gasteiger partial charge on any atom is 0.0488 e. The lowest BCUT2D eigenvalue weighted by molar-refractivity contribution is 1.01. The van der Waals surface area contributed by atoms with Crippen molar-refractivity contribution in [3.8, 4) is 0 Å². The minimum Gasteiger partial charge on any atom is -0.355 e. The first kappa shape index (κ1) is 23.4. The van der Waals surface area contributed by atoms with Gasteiger partial charge in [0, 0.05) is 50.7 Å². The Bertz CT molecular complexity index is 1560. The first-order valence-electron chi connectivity index (χ1n) is 12.3. The van der Waals surface area contributed by atoms with Gasteiger partial charge in [0.15, 0.2) is 0 Å². The Morgan fingerprint density at radius 1 is 0.706 bits per heavy atom. The Hall–Kier alpha value is -3.78. The Balaban J connectivity index is 0.000000417. The predicted octanol–water partition coefficient (Wildman–Crippen LogP) is 9.17. The number of nitrogens with zero attached hydrogens (tertiary/aromatic N) is 1. The summed E-state index contributed by atoms with van der Waals surface area (Å²) in [5.41, 5.74) is 7.67. The summed E-state index contributed by atoms with van der Waals surface area (Å²) in [6.45, 7) is 9.54. The van der Waals surface area contributed by atoms with Crippen molar-refractivity contribution in [3.05, 3.63) is 109 Å². The zero-order valence-corrected chi connectivity index (χ0v) is 20.7. The topological polar surface area (TPSA) is 20.7 Å². The van der Waals surface area contributed by atoms with Crippen LogP contribution in [-0.4, -0.2) is 9.55 Å². The van der Waals surface area contributed by atoms with Crippen molar-refractivity contribution in [1.82, 2.24) is 9.55 Å². The summed E-state index contributed by atoms with van der Waals surface area (Å²) in [6, 6.07) is 30.8. The van der Waals surface area contributed by atoms with E-state index >= 15 is 0 Å². The summed E-state index contributed by atoms with van der Waals surface area (Å²) >= 11 is 0. The second kappa shape index (κ2) is 10.4. The van der Waals surface area contributed by atoms with Gasteiger partial charge in [-0.15, -0.1) is 6.58 Å². The van der Waals surface area contributed by atoms with Crippen LogP contribution in [0.25, 0.3) is 43.6 Å². The van der Waals surface area contributed by atoms with Crippen LogP contribution in [0.3, 0.4) is 0 Å². The summed E-state index contributed by atoms with van der Waals surface area (Å²) in [5.74, 6) is 0. The molecule has 4 aromatic carbocycles. The molecule has 0 saturated carbocycles. The van der Waals surface area contributed by atoms with E-state index in [4.69, 9.17) is 0 Å². The van der Waals surface area contributed by atoms with Crippen LogP contribution in [0.4, 0.5) is 0 Å². The van der Waals surface area contributed by atoms with E-state index in [1.54, 1.807) is 0 Å². The molecule has 0 atom stereocenters. The number of aromatic nitrogens is 2. The summed E-state index contributed by atoms with van der Waals surface area (Å²) in [5, 5.41) is 5.25. The third-order valence-electron chi connectivity index (χ3n) is 6.25. The van der Waals surface area contributed by atoms with Crippen LogP contribution < -0.4 is 0 Å². The molecule has 0 amide bonds. The lowest BCUT2D eigenvalue weighted by atomic mass is 10.0. The molecule has 6 rings (SSSR count). The van der Waals surface area contributed by atoms with Crippen molar-refractivity contribution in [2.45, 2.75) is 33.6 Å². The summed E-state index contributed by atoms with van der Waals surface area (Å²) in [6.07, 6.45) is 3.89. The molecule has 2 heteroatoms. The lowest BCUT2D eigenvalue weighted by Crippen LogP contribution is -1.90. The van der Waals surface area contributed by atoms with Gasteiger partial charge in [0.25, 0.3) is 0 Å². The lowest BCUT2D eigenvalue weighted by Gasteiger charge is -2.04. The van der Waals surface area contributed by atoms with Crippen LogP contribution in [0.2, 0.25) is 0 Å². The van der Waals surface area contributed by atoms with Crippen LogP contribution in [-0.2, 0) is 13.5 Å². The second-order valence-corrected chi connectivity index (χ2v) is 8.35. The number of aromatic amines is 1. The van der Waals surface area contributed by atoms with Gasteiger partial charge in [-0.25, -0.2) is 0 Å². The number of hydrogen-bond acceptors (Lipinski definition) is 0. The fraction of sp³-hybridized carbons (Fsp3) is 0.188. The summed E-state index contributed by atoms with van der Waals surface area (Å²) in [4.78, 5) is 3.56. The Morgan fingerprint density at radius 2 is 1.29 bits per heavy atom. The molecule has 34 heavy (non-hydrogen) atoms. The molecule has 0 aliphatic rings. The molecule has 2 heterocycles. The number of H-pyrrole nitrogens is 1. The SMILES string of the molecule is C=CCC.CC.Cn1c2ccccc2c2cc(Cc3ccc4c(c3)[nH]c3ccccc34)ccc21. The molecule has 6 aromatic rings. The Kier molecular flexibility index (Phi) is 7.18. The highest BCUT2D eigenvalue weighted by atomic mass is 14.9. The van der Waals surface area contributed by atoms with Gasteiger partial charge in [0.05, 0.1) is 0 Å². The Labute approximate surface area is 202 Å². The number of rotatable bonds is 3. The third-order valence-corrected chi connectivity index (χ3v) is 6.25. The average molecular weight is 447 g/mol. The molecule has 0 fully saturated rings. The third kappa shape index (κ3) is 4.36. The molecule has 2 aromatic heterocycles. The van der Waals surface area contributed by atoms with E-state index < -0.39 is 0 Å². The van der Waals surface area contributed by atoms with Gasteiger partial charge in [0.1, 0.15) is 0 Å². The number of para-hydroxylation sites is 2. The number of fused-ring (bicyclic) bond motifs is 6. The van der Waals surface area contributed by atoms with E-state index in [2.05, 4.69) is 115 Å². The van der Waals surface area contributed by atoms with Gasteiger partial charge in [-0.3, -0.25) is 0 Å². The van der Waals surface area contributed by atoms with Gasteiger partial charge < -0.3 is 9.55 Å². The molecule has 0 bridgehead atoms. The van der Waals surface area contributed by atoms with E-state index in [-0.39, 0.29) is 0 Å². The number of benzene rings is 4. The molecule has 172 valence electrons. The van der Waals surface area contributed by atoms with E-state index in [0.29, 0.717) is 0 Å². The van der Waals surface area contributed by atoms with Gasteiger partial charge in [-0.1, -0.05) is 81.4 Å². The standard InChI is InChI=1S/C26H20N2.C4H8.C2H6/c1-28-25-9-5-3-7-21(25)22-15-17(11-13-26(22)28)14-18-10-12-20-19-6-2-4-8-23(19)27-24(20)16-18;1-3-4-2;1-2/h2-13,15-16,27H,14H2,1H3;3H,1,4H2,2H3;1-2H3. The van der Waals surface area contributed by atoms with E-state index in [1.165, 1.54) is 54.7 Å². The first-order chi connectivity index (χ1) is 16.7. The molecule has 0 aliphatic carbocycles. The van der Waals surface area contributed by atoms with Crippen LogP contribution in [0.1, 0.15) is 38.3 Å². The molecule has 0 aliphatic heterocycles. The second-order valence-electron chi connectivity index (χ2n) is 8.35. The van der Waals surface area contributed by atoms with Gasteiger partial charge in [-0.05, 0) is 54.3 Å². The summed E-state index contributed by atoms with van der Waals surface area (Å²) < 4.78 is 2.28. The molecule has 0 unspecified atom stereocenters. The van der Waals surface area contributed by atoms with Gasteiger partial charge in [-0.2, -0.15) is 0 Å². The van der Waals surface area contributed by atoms with Gasteiger partial charge >= 0.3 is 0 Å². The van der Waals surface area contributed by atoms with E-state index in [1.807, 2.05) is 19.9 Å². The van der Waals surface area contributed by atoms with E-state index in [9.17, 15) is 0 Å². The molecule has 0 radical (unpaired) electrons. The fourth-order valence-corrected chi connectivity index (χ4v) is 4.57. The van der Waals surface area contributed by atoms with Crippen LogP contribution in [0.15, 0.2) is 97.6 Å². The maximum absolute atomic E-state index is 3.56. The summed E-state index contributed by atoms with van der Waals surface area (Å²) in [7, 11) is 2.15. The number of hydrogen-bond donors (Lipinski definition) is 1. The van der Waals surface area contributed by atoms with Crippen molar-refractivity contribution in [1.29, 1.82) is 0 Å². The quantitative estimate of drug-likeness (QED) is 0.262. The monoisotopic (exact) mass is 446 g/mol. The van der Waals surface area contributed by atoms with E-state index in [0.717, 1.165) is 12.8 Å². The normalized spacial score (nSPS) is 10.7. The number of nitrogens with one attached hydrogen (secondary N) is 1. The minimum absolute atomic E-state index is 0.935. The Morgan fingerprint density at radius 3 is 2.06 bits per heavy atom. The molecule has 0 saturated heterocycles. The number of allylic oxidation sites excluding steroid dienone is 1. The number of aryl methyl sites for hydroxylation is 1. The van der Waals surface area contributed by atoms with Crippen molar-refractivity contribution in [3.63, 3.8) is 0 Å². The zero-order valence-electron chi connectivity index (χ0n) is 20.7. The minimum atomic E-state index is 0.935. The zero-order chi connectivity index (χ0) is 24.1. The van der Waals surface area contributed by atoms with Crippen molar-refractivity contribution in [2.75, 3.05) is 0 Å². The molecule has 0 spiro atoms. The van der Waals surface area contributed by atoms with Crippen LogP contribution in [0.5, 0.6) is 0 Å². The molecule has 2 nitrogen and oxygen atoms in total. The first-order valence-corrected chi connectivity index (χ1v) is 12.3. The maximum atomic E-state index is 3.56. The largest absolute Gasteiger partial charge is 0.355 e. The highest BCUT2D eigenvalue weighted by Crippen LogP contribution is 2.30.